The van der Waals surface area contributed by atoms with Gasteiger partial charge in [0.1, 0.15) is 4.88 Å². The van der Waals surface area contributed by atoms with Crippen molar-refractivity contribution in [2.45, 2.75) is 13.8 Å². The van der Waals surface area contributed by atoms with E-state index in [2.05, 4.69) is 18.8 Å². The zero-order valence-electron chi connectivity index (χ0n) is 11.0. The van der Waals surface area contributed by atoms with Crippen LogP contribution in [-0.2, 0) is 15.2 Å². The van der Waals surface area contributed by atoms with Crippen molar-refractivity contribution in [2.24, 2.45) is 4.36 Å². The van der Waals surface area contributed by atoms with Gasteiger partial charge >= 0.3 is 16.5 Å². The highest BCUT2D eigenvalue weighted by Gasteiger charge is 2.06. The van der Waals surface area contributed by atoms with Gasteiger partial charge in [-0.15, -0.1) is 11.3 Å². The molecule has 0 aliphatic carbocycles. The smallest absolute Gasteiger partial charge is 0.348 e. The van der Waals surface area contributed by atoms with Gasteiger partial charge in [-0.1, -0.05) is 15.6 Å². The molecule has 0 aliphatic heterocycles. The summed E-state index contributed by atoms with van der Waals surface area (Å²) >= 11 is 1.38. The van der Waals surface area contributed by atoms with Gasteiger partial charge in [-0.25, -0.2) is 4.79 Å². The highest BCUT2D eigenvalue weighted by atomic mass is 32.2. The van der Waals surface area contributed by atoms with Crippen molar-refractivity contribution in [3.8, 4) is 0 Å². The Morgan fingerprint density at radius 3 is 2.55 bits per heavy atom. The van der Waals surface area contributed by atoms with Crippen LogP contribution in [0.5, 0.6) is 0 Å². The standard InChI is InChI=1S/C6H6O2S.C5H6N2O3S/c1-8-6(7)5-3-2-4-9-5;1-3-4(2)6-10-5(3)7-11(8)9/h2-4H,1H3;1-2H3. The van der Waals surface area contributed by atoms with E-state index in [4.69, 9.17) is 0 Å². The van der Waals surface area contributed by atoms with E-state index in [1.54, 1.807) is 19.9 Å². The molecule has 0 fully saturated rings. The van der Waals surface area contributed by atoms with Gasteiger partial charge in [0.05, 0.1) is 12.8 Å². The fourth-order valence-electron chi connectivity index (χ4n) is 1.05. The monoisotopic (exact) mass is 316 g/mol. The number of carbonyl (C=O) groups excluding carboxylic acids is 1. The molecular weight excluding hydrogens is 304 g/mol. The van der Waals surface area contributed by atoms with Crippen LogP contribution < -0.4 is 0 Å². The second-order valence-corrected chi connectivity index (χ2v) is 5.04. The number of rotatable bonds is 2. The van der Waals surface area contributed by atoms with E-state index in [1.807, 2.05) is 11.4 Å². The van der Waals surface area contributed by atoms with E-state index in [9.17, 15) is 13.2 Å². The molecule has 20 heavy (non-hydrogen) atoms. The maximum absolute atomic E-state index is 10.7. The second kappa shape index (κ2) is 7.56. The van der Waals surface area contributed by atoms with Gasteiger partial charge in [0, 0.05) is 5.56 Å². The van der Waals surface area contributed by atoms with Crippen molar-refractivity contribution >= 4 is 33.7 Å². The summed E-state index contributed by atoms with van der Waals surface area (Å²) in [5, 5.41) is 5.37. The summed E-state index contributed by atoms with van der Waals surface area (Å²) in [6, 6.07) is 3.55. The lowest BCUT2D eigenvalue weighted by Gasteiger charge is -1.90. The van der Waals surface area contributed by atoms with Gasteiger partial charge < -0.3 is 9.26 Å². The van der Waals surface area contributed by atoms with Crippen molar-refractivity contribution in [3.05, 3.63) is 33.6 Å². The van der Waals surface area contributed by atoms with Crippen LogP contribution >= 0.6 is 11.3 Å². The minimum atomic E-state index is -2.47. The quantitative estimate of drug-likeness (QED) is 0.789. The summed E-state index contributed by atoms with van der Waals surface area (Å²) in [6.45, 7) is 3.41. The molecule has 0 N–H and O–H groups in total. The molecule has 0 bridgehead atoms. The minimum Gasteiger partial charge on any atom is -0.465 e. The third-order valence-corrected chi connectivity index (χ3v) is 3.36. The average molecular weight is 316 g/mol. The highest BCUT2D eigenvalue weighted by molar-refractivity contribution is 7.61. The largest absolute Gasteiger partial charge is 0.465 e. The minimum absolute atomic E-state index is 0.0517. The normalized spacial score (nSPS) is 9.35. The van der Waals surface area contributed by atoms with E-state index in [0.717, 1.165) is 0 Å². The van der Waals surface area contributed by atoms with Crippen LogP contribution in [0.1, 0.15) is 20.9 Å². The Labute approximate surface area is 120 Å². The first-order valence-electron chi connectivity index (χ1n) is 5.31. The zero-order chi connectivity index (χ0) is 15.1. The molecule has 0 radical (unpaired) electrons. The second-order valence-electron chi connectivity index (χ2n) is 3.48. The molecule has 0 spiro atoms. The van der Waals surface area contributed by atoms with Crippen molar-refractivity contribution < 1.29 is 22.5 Å². The Morgan fingerprint density at radius 1 is 1.45 bits per heavy atom. The molecular formula is C11H12N2O5S2. The lowest BCUT2D eigenvalue weighted by molar-refractivity contribution is 0.0606. The van der Waals surface area contributed by atoms with E-state index in [0.29, 0.717) is 16.1 Å². The summed E-state index contributed by atoms with van der Waals surface area (Å²) < 4.78 is 32.4. The third-order valence-electron chi connectivity index (χ3n) is 2.20. The zero-order valence-corrected chi connectivity index (χ0v) is 12.6. The molecule has 9 heteroatoms. The number of esters is 1. The van der Waals surface area contributed by atoms with Gasteiger partial charge in [0.2, 0.25) is 0 Å². The predicted octanol–water partition coefficient (Wildman–Crippen LogP) is 2.52. The summed E-state index contributed by atoms with van der Waals surface area (Å²) in [5.41, 5.74) is 1.29. The van der Waals surface area contributed by atoms with Crippen LogP contribution in [0.2, 0.25) is 0 Å². The molecule has 7 nitrogen and oxygen atoms in total. The number of ether oxygens (including phenoxy) is 1. The number of methoxy groups -OCH3 is 1. The molecule has 0 aliphatic rings. The molecule has 2 rings (SSSR count). The van der Waals surface area contributed by atoms with Crippen LogP contribution in [-0.4, -0.2) is 26.7 Å². The molecule has 0 atom stereocenters. The van der Waals surface area contributed by atoms with Crippen molar-refractivity contribution in [3.63, 3.8) is 0 Å². The first kappa shape index (κ1) is 16.1. The van der Waals surface area contributed by atoms with Crippen LogP contribution in [0.15, 0.2) is 26.4 Å². The molecule has 0 aromatic carbocycles. The number of carbonyl (C=O) groups is 1. The van der Waals surface area contributed by atoms with Crippen LogP contribution in [0.3, 0.4) is 0 Å². The summed E-state index contributed by atoms with van der Waals surface area (Å²) in [6.07, 6.45) is 0. The first-order chi connectivity index (χ1) is 9.45. The van der Waals surface area contributed by atoms with Crippen molar-refractivity contribution in [1.82, 2.24) is 5.16 Å². The lowest BCUT2D eigenvalue weighted by atomic mass is 10.3. The number of aromatic nitrogens is 1. The molecule has 0 unspecified atom stereocenters. The Bertz CT molecular complexity index is 693. The topological polar surface area (TPSA) is 98.8 Å². The van der Waals surface area contributed by atoms with E-state index >= 15 is 0 Å². The van der Waals surface area contributed by atoms with Crippen LogP contribution in [0, 0.1) is 13.8 Å². The third kappa shape index (κ3) is 4.59. The van der Waals surface area contributed by atoms with Gasteiger partial charge in [0.25, 0.3) is 5.88 Å². The van der Waals surface area contributed by atoms with Crippen LogP contribution in [0.25, 0.3) is 0 Å². The van der Waals surface area contributed by atoms with E-state index in [-0.39, 0.29) is 11.9 Å². The molecule has 2 aromatic heterocycles. The Hall–Kier alpha value is -2.00. The lowest BCUT2D eigenvalue weighted by Crippen LogP contribution is -1.96. The molecule has 0 saturated carbocycles. The fourth-order valence-corrected chi connectivity index (χ4v) is 2.00. The van der Waals surface area contributed by atoms with Crippen molar-refractivity contribution in [2.75, 3.05) is 7.11 Å². The average Bonchev–Trinajstić information content (AvgIpc) is 3.04. The van der Waals surface area contributed by atoms with Gasteiger partial charge in [-0.05, 0) is 25.3 Å². The van der Waals surface area contributed by atoms with Gasteiger partial charge in [-0.3, -0.25) is 0 Å². The summed E-state index contributed by atoms with van der Waals surface area (Å²) in [5.74, 6) is -0.208. The molecule has 2 heterocycles. The maximum atomic E-state index is 10.7. The summed E-state index contributed by atoms with van der Waals surface area (Å²) in [4.78, 5) is 11.3. The predicted molar refractivity (Wildman–Crippen MR) is 72.6 cm³/mol. The maximum Gasteiger partial charge on any atom is 0.348 e. The van der Waals surface area contributed by atoms with Crippen molar-refractivity contribution in [1.29, 1.82) is 0 Å². The summed E-state index contributed by atoms with van der Waals surface area (Å²) in [7, 11) is -1.10. The Morgan fingerprint density at radius 2 is 2.15 bits per heavy atom. The molecule has 2 aromatic rings. The Kier molecular flexibility index (Phi) is 6.07. The van der Waals surface area contributed by atoms with E-state index in [1.165, 1.54) is 18.4 Å². The SMILES string of the molecule is COC(=O)c1cccs1.Cc1noc(N=S(=O)=O)c1C. The van der Waals surface area contributed by atoms with Gasteiger partial charge in [-0.2, -0.15) is 8.42 Å². The number of aryl methyl sites for hydroxylation is 1. The molecule has 108 valence electrons. The Balaban J connectivity index is 0.000000204. The van der Waals surface area contributed by atoms with E-state index < -0.39 is 10.5 Å². The number of hydrogen-bond acceptors (Lipinski definition) is 8. The number of hydrogen-bond donors (Lipinski definition) is 0. The molecule has 0 amide bonds. The number of nitrogens with zero attached hydrogens (tertiary/aromatic N) is 2. The highest BCUT2D eigenvalue weighted by Crippen LogP contribution is 2.19. The van der Waals surface area contributed by atoms with Gasteiger partial charge in [0.15, 0.2) is 0 Å². The fraction of sp³-hybridized carbons (Fsp3) is 0.273. The molecule has 0 saturated heterocycles. The van der Waals surface area contributed by atoms with Crippen LogP contribution in [0.4, 0.5) is 5.88 Å². The first-order valence-corrected chi connectivity index (χ1v) is 7.22. The number of thiophene rings is 1.